The van der Waals surface area contributed by atoms with Crippen LogP contribution >= 0.6 is 39.5 Å². The van der Waals surface area contributed by atoms with E-state index in [0.717, 1.165) is 32.6 Å². The fourth-order valence-electron chi connectivity index (χ4n) is 2.02. The number of hydrogen-bond acceptors (Lipinski definition) is 3. The minimum absolute atomic E-state index is 0.729. The molecule has 0 bridgehead atoms. The van der Waals surface area contributed by atoms with E-state index in [-0.39, 0.29) is 0 Å². The summed E-state index contributed by atoms with van der Waals surface area (Å²) in [6.07, 6.45) is 0. The second-order valence-corrected chi connectivity index (χ2v) is 6.43. The zero-order chi connectivity index (χ0) is 13.4. The molecule has 0 atom stereocenters. The smallest absolute Gasteiger partial charge is 0.178 e. The largest absolute Gasteiger partial charge is 0.497 e. The van der Waals surface area contributed by atoms with Crippen molar-refractivity contribution in [1.29, 1.82) is 0 Å². The number of rotatable bonds is 3. The number of aromatic nitrogens is 2. The lowest BCUT2D eigenvalue weighted by Gasteiger charge is -2.03. The van der Waals surface area contributed by atoms with Crippen molar-refractivity contribution >= 4 is 50.5 Å². The van der Waals surface area contributed by atoms with Crippen molar-refractivity contribution in [2.45, 2.75) is 6.54 Å². The van der Waals surface area contributed by atoms with Gasteiger partial charge in [-0.3, -0.25) is 0 Å². The van der Waals surface area contributed by atoms with Crippen LogP contribution in [-0.2, 0) is 6.54 Å². The van der Waals surface area contributed by atoms with Gasteiger partial charge in [-0.2, -0.15) is 0 Å². The fraction of sp³-hybridized carbons (Fsp3) is 0.154. The quantitative estimate of drug-likeness (QED) is 0.697. The summed E-state index contributed by atoms with van der Waals surface area (Å²) >= 11 is 10.6. The zero-order valence-corrected chi connectivity index (χ0v) is 13.4. The van der Waals surface area contributed by atoms with Gasteiger partial charge in [-0.25, -0.2) is 0 Å². The maximum Gasteiger partial charge on any atom is 0.178 e. The van der Waals surface area contributed by atoms with Crippen molar-refractivity contribution in [3.05, 3.63) is 43.8 Å². The summed E-state index contributed by atoms with van der Waals surface area (Å²) in [6, 6.07) is 8.07. The first kappa shape index (κ1) is 12.9. The SMILES string of the molecule is COc1ccc2c(c1)[nH]c(=S)n2Cc1cc(Br)cs1. The maximum absolute atomic E-state index is 5.40. The number of imidazole rings is 1. The van der Waals surface area contributed by atoms with Crippen molar-refractivity contribution < 1.29 is 4.74 Å². The van der Waals surface area contributed by atoms with Crippen molar-refractivity contribution in [2.24, 2.45) is 0 Å². The van der Waals surface area contributed by atoms with Gasteiger partial charge in [-0.05, 0) is 46.3 Å². The molecule has 0 fully saturated rings. The Morgan fingerprint density at radius 1 is 1.42 bits per heavy atom. The van der Waals surface area contributed by atoms with Crippen LogP contribution in [0.15, 0.2) is 34.1 Å². The molecule has 3 rings (SSSR count). The standard InChI is InChI=1S/C13H11BrN2OS2/c1-17-9-2-3-12-11(5-9)15-13(18)16(12)6-10-4-8(14)7-19-10/h2-5,7H,6H2,1H3,(H,15,18). The van der Waals surface area contributed by atoms with Crippen LogP contribution in [0.5, 0.6) is 5.75 Å². The predicted octanol–water partition coefficient (Wildman–Crippen LogP) is 4.58. The van der Waals surface area contributed by atoms with Gasteiger partial charge in [-0.1, -0.05) is 0 Å². The molecule has 0 saturated carbocycles. The molecular formula is C13H11BrN2OS2. The molecule has 0 amide bonds. The Kier molecular flexibility index (Phi) is 3.47. The van der Waals surface area contributed by atoms with Gasteiger partial charge >= 0.3 is 0 Å². The number of halogens is 1. The Morgan fingerprint density at radius 3 is 2.95 bits per heavy atom. The highest BCUT2D eigenvalue weighted by Gasteiger charge is 2.07. The Labute approximate surface area is 128 Å². The lowest BCUT2D eigenvalue weighted by Crippen LogP contribution is -1.97. The Hall–Kier alpha value is -1.11. The molecule has 0 aliphatic heterocycles. The molecule has 2 heterocycles. The van der Waals surface area contributed by atoms with Crippen LogP contribution < -0.4 is 4.74 Å². The molecule has 0 unspecified atom stereocenters. The van der Waals surface area contributed by atoms with Gasteiger partial charge in [0.05, 0.1) is 24.7 Å². The van der Waals surface area contributed by atoms with Gasteiger partial charge in [-0.15, -0.1) is 11.3 Å². The summed E-state index contributed by atoms with van der Waals surface area (Å²) < 4.78 is 9.17. The van der Waals surface area contributed by atoms with Crippen molar-refractivity contribution in [1.82, 2.24) is 9.55 Å². The average molecular weight is 355 g/mol. The number of fused-ring (bicyclic) bond motifs is 1. The minimum Gasteiger partial charge on any atom is -0.497 e. The molecule has 2 aromatic heterocycles. The number of hydrogen-bond donors (Lipinski definition) is 1. The van der Waals surface area contributed by atoms with E-state index < -0.39 is 0 Å². The number of nitrogens with one attached hydrogen (secondary N) is 1. The molecule has 3 aromatic rings. The summed E-state index contributed by atoms with van der Waals surface area (Å²) in [7, 11) is 1.66. The average Bonchev–Trinajstić information content (AvgIpc) is 2.94. The molecule has 1 N–H and O–H groups in total. The molecule has 0 aliphatic rings. The first-order chi connectivity index (χ1) is 9.17. The van der Waals surface area contributed by atoms with Crippen LogP contribution in [0.4, 0.5) is 0 Å². The van der Waals surface area contributed by atoms with Gasteiger partial charge in [0.15, 0.2) is 4.77 Å². The Balaban J connectivity index is 2.08. The fourth-order valence-corrected chi connectivity index (χ4v) is 3.73. The molecular weight excluding hydrogens is 344 g/mol. The van der Waals surface area contributed by atoms with E-state index in [2.05, 4.69) is 36.9 Å². The minimum atomic E-state index is 0.729. The first-order valence-corrected chi connectivity index (χ1v) is 7.75. The van der Waals surface area contributed by atoms with Crippen molar-refractivity contribution in [3.63, 3.8) is 0 Å². The van der Waals surface area contributed by atoms with E-state index in [1.807, 2.05) is 18.2 Å². The van der Waals surface area contributed by atoms with Gasteiger partial charge < -0.3 is 14.3 Å². The summed E-state index contributed by atoms with van der Waals surface area (Å²) in [5, 5.41) is 2.08. The van der Waals surface area contributed by atoms with E-state index in [0.29, 0.717) is 0 Å². The van der Waals surface area contributed by atoms with Crippen LogP contribution in [-0.4, -0.2) is 16.7 Å². The highest BCUT2D eigenvalue weighted by Crippen LogP contribution is 2.24. The predicted molar refractivity (Wildman–Crippen MR) is 84.8 cm³/mol. The molecule has 0 saturated heterocycles. The van der Waals surface area contributed by atoms with Crippen LogP contribution in [0, 0.1) is 4.77 Å². The van der Waals surface area contributed by atoms with Gasteiger partial charge in [0, 0.05) is 20.8 Å². The molecule has 1 aromatic carbocycles. The van der Waals surface area contributed by atoms with E-state index in [1.165, 1.54) is 4.88 Å². The third kappa shape index (κ3) is 2.48. The molecule has 19 heavy (non-hydrogen) atoms. The second-order valence-electron chi connectivity index (χ2n) is 4.13. The monoisotopic (exact) mass is 354 g/mol. The Bertz CT molecular complexity index is 787. The maximum atomic E-state index is 5.40. The van der Waals surface area contributed by atoms with Crippen LogP contribution in [0.25, 0.3) is 11.0 Å². The van der Waals surface area contributed by atoms with E-state index >= 15 is 0 Å². The first-order valence-electron chi connectivity index (χ1n) is 5.67. The van der Waals surface area contributed by atoms with Crippen LogP contribution in [0.2, 0.25) is 0 Å². The zero-order valence-electron chi connectivity index (χ0n) is 10.1. The summed E-state index contributed by atoms with van der Waals surface area (Å²) in [5.41, 5.74) is 2.09. The van der Waals surface area contributed by atoms with Crippen LogP contribution in [0.1, 0.15) is 4.88 Å². The molecule has 98 valence electrons. The summed E-state index contributed by atoms with van der Waals surface area (Å²) in [5.74, 6) is 0.828. The number of H-pyrrole nitrogens is 1. The summed E-state index contributed by atoms with van der Waals surface area (Å²) in [6.45, 7) is 0.779. The number of ether oxygens (including phenoxy) is 1. The number of nitrogens with zero attached hydrogens (tertiary/aromatic N) is 1. The molecule has 0 spiro atoms. The number of thiophene rings is 1. The van der Waals surface area contributed by atoms with Crippen molar-refractivity contribution in [2.75, 3.05) is 7.11 Å². The summed E-state index contributed by atoms with van der Waals surface area (Å²) in [4.78, 5) is 4.48. The number of benzene rings is 1. The lowest BCUT2D eigenvalue weighted by atomic mass is 10.3. The third-order valence-electron chi connectivity index (χ3n) is 2.92. The highest BCUT2D eigenvalue weighted by molar-refractivity contribution is 9.10. The molecule has 3 nitrogen and oxygen atoms in total. The molecule has 0 aliphatic carbocycles. The molecule has 0 radical (unpaired) electrons. The van der Waals surface area contributed by atoms with Gasteiger partial charge in [0.25, 0.3) is 0 Å². The number of aromatic amines is 1. The molecule has 6 heteroatoms. The topological polar surface area (TPSA) is 29.9 Å². The van der Waals surface area contributed by atoms with E-state index in [4.69, 9.17) is 17.0 Å². The van der Waals surface area contributed by atoms with Gasteiger partial charge in [0.1, 0.15) is 5.75 Å². The lowest BCUT2D eigenvalue weighted by molar-refractivity contribution is 0.415. The Morgan fingerprint density at radius 2 is 2.26 bits per heavy atom. The number of methoxy groups -OCH3 is 1. The normalized spacial score (nSPS) is 11.1. The highest BCUT2D eigenvalue weighted by atomic mass is 79.9. The van der Waals surface area contributed by atoms with Crippen molar-refractivity contribution in [3.8, 4) is 5.75 Å². The third-order valence-corrected chi connectivity index (χ3v) is 4.92. The van der Waals surface area contributed by atoms with Crippen LogP contribution in [0.3, 0.4) is 0 Å². The van der Waals surface area contributed by atoms with E-state index in [9.17, 15) is 0 Å². The van der Waals surface area contributed by atoms with Gasteiger partial charge in [0.2, 0.25) is 0 Å². The van der Waals surface area contributed by atoms with E-state index in [1.54, 1.807) is 18.4 Å². The second kappa shape index (κ2) is 5.11.